The number of hydrogen-bond acceptors (Lipinski definition) is 6. The van der Waals surface area contributed by atoms with E-state index in [4.69, 9.17) is 33.3 Å². The number of carboxylic acids is 1. The topological polar surface area (TPSA) is 105 Å². The van der Waals surface area contributed by atoms with E-state index >= 15 is 0 Å². The van der Waals surface area contributed by atoms with Crippen LogP contribution >= 0.6 is 23.8 Å². The average molecular weight is 563 g/mol. The summed E-state index contributed by atoms with van der Waals surface area (Å²) in [5.41, 5.74) is 2.14. The third-order valence-electron chi connectivity index (χ3n) is 5.80. The van der Waals surface area contributed by atoms with Gasteiger partial charge in [-0.15, -0.1) is 6.58 Å². The number of hydrogen-bond donors (Lipinski definition) is 2. The summed E-state index contributed by atoms with van der Waals surface area (Å²) in [5.74, 6) is -1.63. The molecule has 3 aromatic carbocycles. The minimum absolute atomic E-state index is 0.0291. The Hall–Kier alpha value is -4.47. The third-order valence-corrected chi connectivity index (χ3v) is 6.34. The normalized spacial score (nSPS) is 14.3. The fourth-order valence-corrected chi connectivity index (χ4v) is 4.37. The molecule has 2 amide bonds. The summed E-state index contributed by atoms with van der Waals surface area (Å²) in [6.07, 6.45) is 3.56. The van der Waals surface area contributed by atoms with E-state index in [1.54, 1.807) is 30.3 Å². The van der Waals surface area contributed by atoms with Gasteiger partial charge in [0, 0.05) is 10.6 Å². The number of carboxylic acid groups (broad SMARTS) is 1. The highest BCUT2D eigenvalue weighted by Gasteiger charge is 2.35. The van der Waals surface area contributed by atoms with Gasteiger partial charge in [0.15, 0.2) is 16.6 Å². The van der Waals surface area contributed by atoms with E-state index in [0.717, 1.165) is 16.0 Å². The summed E-state index contributed by atoms with van der Waals surface area (Å²) in [6, 6.07) is 16.4. The first-order valence-electron chi connectivity index (χ1n) is 11.7. The third kappa shape index (κ3) is 6.17. The fraction of sp³-hybridized carbons (Fsp3) is 0.103. The zero-order valence-corrected chi connectivity index (χ0v) is 22.3. The number of carbonyl (C=O) groups is 3. The number of thiocarbonyl (C=S) groups is 1. The molecule has 1 saturated heterocycles. The highest BCUT2D eigenvalue weighted by atomic mass is 35.5. The number of halogens is 1. The number of allylic oxidation sites excluding steroid dienone is 1. The van der Waals surface area contributed by atoms with E-state index in [1.165, 1.54) is 37.5 Å². The Labute approximate surface area is 235 Å². The molecule has 0 unspecified atom stereocenters. The quantitative estimate of drug-likeness (QED) is 0.160. The molecular formula is C29H23ClN2O6S. The van der Waals surface area contributed by atoms with Crippen molar-refractivity contribution >= 4 is 58.5 Å². The number of methoxy groups -OCH3 is 1. The maximum atomic E-state index is 13.4. The van der Waals surface area contributed by atoms with Crippen LogP contribution in [-0.4, -0.2) is 35.1 Å². The number of benzene rings is 3. The molecule has 0 aliphatic carbocycles. The van der Waals surface area contributed by atoms with E-state index in [9.17, 15) is 19.5 Å². The van der Waals surface area contributed by atoms with E-state index in [0.29, 0.717) is 28.5 Å². The minimum Gasteiger partial charge on any atom is -0.493 e. The Bertz CT molecular complexity index is 1520. The van der Waals surface area contributed by atoms with Crippen molar-refractivity contribution in [3.8, 4) is 11.5 Å². The van der Waals surface area contributed by atoms with Crippen LogP contribution in [0.1, 0.15) is 27.0 Å². The van der Waals surface area contributed by atoms with E-state index in [1.807, 2.05) is 12.1 Å². The molecule has 2 N–H and O–H groups in total. The van der Waals surface area contributed by atoms with Crippen LogP contribution in [0.3, 0.4) is 0 Å². The van der Waals surface area contributed by atoms with Crippen molar-refractivity contribution in [3.05, 3.63) is 106 Å². The zero-order valence-electron chi connectivity index (χ0n) is 20.8. The number of carbonyl (C=O) groups excluding carboxylic acids is 2. The van der Waals surface area contributed by atoms with Crippen molar-refractivity contribution in [1.82, 2.24) is 5.32 Å². The van der Waals surface area contributed by atoms with Crippen LogP contribution in [-0.2, 0) is 22.6 Å². The van der Waals surface area contributed by atoms with Gasteiger partial charge >= 0.3 is 5.97 Å². The second kappa shape index (κ2) is 11.9. The molecule has 1 aliphatic rings. The molecule has 198 valence electrons. The molecule has 0 atom stereocenters. The largest absolute Gasteiger partial charge is 0.493 e. The van der Waals surface area contributed by atoms with Crippen LogP contribution in [0.15, 0.2) is 78.9 Å². The lowest BCUT2D eigenvalue weighted by Gasteiger charge is -2.29. The molecule has 4 rings (SSSR count). The van der Waals surface area contributed by atoms with Crippen LogP contribution in [0.4, 0.5) is 5.69 Å². The van der Waals surface area contributed by atoms with Crippen LogP contribution in [0.5, 0.6) is 11.5 Å². The Morgan fingerprint density at radius 1 is 1.15 bits per heavy atom. The first-order chi connectivity index (χ1) is 18.7. The van der Waals surface area contributed by atoms with Gasteiger partial charge in [0.2, 0.25) is 0 Å². The number of anilines is 1. The van der Waals surface area contributed by atoms with Crippen LogP contribution in [0.2, 0.25) is 5.02 Å². The van der Waals surface area contributed by atoms with Gasteiger partial charge in [-0.1, -0.05) is 35.9 Å². The van der Waals surface area contributed by atoms with Crippen LogP contribution in [0, 0.1) is 0 Å². The zero-order chi connectivity index (χ0) is 28.1. The Balaban J connectivity index is 1.70. The minimum atomic E-state index is -1.16. The standard InChI is InChI=1S/C29H23ClN2O6S/c1-3-5-19-12-18(14-24(37-2)25(19)38-16-17-8-10-21(30)11-9-17)13-23-26(33)31-29(39)32(27(23)34)22-7-4-6-20(15-22)28(35)36/h3-4,6-15H,1,5,16H2,2H3,(H,35,36)(H,31,33,39). The molecule has 1 fully saturated rings. The first-order valence-corrected chi connectivity index (χ1v) is 12.4. The van der Waals surface area contributed by atoms with Gasteiger partial charge in [-0.25, -0.2) is 4.79 Å². The number of ether oxygens (including phenoxy) is 2. The lowest BCUT2D eigenvalue weighted by atomic mass is 10.0. The summed E-state index contributed by atoms with van der Waals surface area (Å²) < 4.78 is 11.7. The highest BCUT2D eigenvalue weighted by Crippen LogP contribution is 2.35. The lowest BCUT2D eigenvalue weighted by Crippen LogP contribution is -2.54. The molecule has 0 radical (unpaired) electrons. The Kier molecular flexibility index (Phi) is 8.43. The van der Waals surface area contributed by atoms with Crippen molar-refractivity contribution < 1.29 is 29.0 Å². The molecule has 3 aromatic rings. The molecule has 0 spiro atoms. The molecule has 8 nitrogen and oxygen atoms in total. The number of nitrogens with one attached hydrogen (secondary N) is 1. The number of amides is 2. The Morgan fingerprint density at radius 2 is 1.90 bits per heavy atom. The monoisotopic (exact) mass is 562 g/mol. The summed E-state index contributed by atoms with van der Waals surface area (Å²) in [7, 11) is 1.49. The predicted octanol–water partition coefficient (Wildman–Crippen LogP) is 5.19. The highest BCUT2D eigenvalue weighted by molar-refractivity contribution is 7.80. The molecular weight excluding hydrogens is 540 g/mol. The molecule has 1 aliphatic heterocycles. The van der Waals surface area contributed by atoms with Crippen molar-refractivity contribution in [2.75, 3.05) is 12.0 Å². The van der Waals surface area contributed by atoms with Gasteiger partial charge in [-0.05, 0) is 78.3 Å². The van der Waals surface area contributed by atoms with Gasteiger partial charge in [0.1, 0.15) is 12.2 Å². The van der Waals surface area contributed by atoms with Crippen molar-refractivity contribution in [3.63, 3.8) is 0 Å². The summed E-state index contributed by atoms with van der Waals surface area (Å²) in [5, 5.41) is 12.3. The maximum absolute atomic E-state index is 13.4. The Morgan fingerprint density at radius 3 is 2.56 bits per heavy atom. The van der Waals surface area contributed by atoms with Gasteiger partial charge < -0.3 is 14.6 Å². The second-order valence-corrected chi connectivity index (χ2v) is 9.26. The van der Waals surface area contributed by atoms with Gasteiger partial charge in [-0.2, -0.15) is 0 Å². The predicted molar refractivity (Wildman–Crippen MR) is 152 cm³/mol. The smallest absolute Gasteiger partial charge is 0.335 e. The molecule has 0 bridgehead atoms. The van der Waals surface area contributed by atoms with Gasteiger partial charge in [-0.3, -0.25) is 19.8 Å². The lowest BCUT2D eigenvalue weighted by molar-refractivity contribution is -0.122. The van der Waals surface area contributed by atoms with Gasteiger partial charge in [0.25, 0.3) is 11.8 Å². The van der Waals surface area contributed by atoms with E-state index in [-0.39, 0.29) is 28.5 Å². The average Bonchev–Trinajstić information content (AvgIpc) is 2.91. The first kappa shape index (κ1) is 27.6. The second-order valence-electron chi connectivity index (χ2n) is 8.43. The molecule has 0 aromatic heterocycles. The number of rotatable bonds is 9. The molecule has 10 heteroatoms. The number of nitrogens with zero attached hydrogens (tertiary/aromatic N) is 1. The summed E-state index contributed by atoms with van der Waals surface area (Å²) >= 11 is 11.2. The van der Waals surface area contributed by atoms with Crippen LogP contribution in [0.25, 0.3) is 6.08 Å². The van der Waals surface area contributed by atoms with Crippen molar-refractivity contribution in [1.29, 1.82) is 0 Å². The summed E-state index contributed by atoms with van der Waals surface area (Å²) in [6.45, 7) is 4.08. The molecule has 39 heavy (non-hydrogen) atoms. The number of aromatic carboxylic acids is 1. The van der Waals surface area contributed by atoms with Crippen LogP contribution < -0.4 is 19.7 Å². The fourth-order valence-electron chi connectivity index (χ4n) is 3.96. The van der Waals surface area contributed by atoms with Crippen molar-refractivity contribution in [2.45, 2.75) is 13.0 Å². The summed E-state index contributed by atoms with van der Waals surface area (Å²) in [4.78, 5) is 38.7. The molecule has 0 saturated carbocycles. The maximum Gasteiger partial charge on any atom is 0.335 e. The SMILES string of the molecule is C=CCc1cc(C=C2C(=O)NC(=S)N(c3cccc(C(=O)O)c3)C2=O)cc(OC)c1OCc1ccc(Cl)cc1. The van der Waals surface area contributed by atoms with E-state index < -0.39 is 17.8 Å². The van der Waals surface area contributed by atoms with E-state index in [2.05, 4.69) is 11.9 Å². The van der Waals surface area contributed by atoms with Gasteiger partial charge in [0.05, 0.1) is 18.4 Å². The van der Waals surface area contributed by atoms with Crippen molar-refractivity contribution in [2.24, 2.45) is 0 Å². The molecule has 1 heterocycles.